The first-order valence-electron chi connectivity index (χ1n) is 13.0. The van der Waals surface area contributed by atoms with Crippen LogP contribution in [0.4, 0.5) is 5.82 Å². The van der Waals surface area contributed by atoms with E-state index in [2.05, 4.69) is 28.3 Å². The van der Waals surface area contributed by atoms with Crippen LogP contribution in [0.3, 0.4) is 0 Å². The van der Waals surface area contributed by atoms with E-state index in [-0.39, 0.29) is 28.1 Å². The molecule has 3 aromatic rings. The van der Waals surface area contributed by atoms with E-state index in [0.29, 0.717) is 0 Å². The average Bonchev–Trinajstić information content (AvgIpc) is 3.60. The fraction of sp³-hybridized carbons (Fsp3) is 0.500. The summed E-state index contributed by atoms with van der Waals surface area (Å²) in [5.74, 6) is -0.721. The zero-order valence-electron chi connectivity index (χ0n) is 23.1. The van der Waals surface area contributed by atoms with E-state index in [0.717, 1.165) is 6.33 Å². The number of imidazole rings is 1. The van der Waals surface area contributed by atoms with E-state index >= 15 is 0 Å². The van der Waals surface area contributed by atoms with Crippen molar-refractivity contribution in [2.45, 2.75) is 49.0 Å². The lowest BCUT2D eigenvalue weighted by molar-refractivity contribution is -0.672. The van der Waals surface area contributed by atoms with Gasteiger partial charge in [0.1, 0.15) is 67.2 Å². The summed E-state index contributed by atoms with van der Waals surface area (Å²) in [5, 5.41) is 41.8. The van der Waals surface area contributed by atoms with Gasteiger partial charge in [0.25, 0.3) is 13.7 Å². The quantitative estimate of drug-likeness (QED) is 0.0762. The van der Waals surface area contributed by atoms with Crippen LogP contribution >= 0.6 is 15.6 Å². The van der Waals surface area contributed by atoms with E-state index < -0.39 is 83.7 Å². The van der Waals surface area contributed by atoms with Crippen LogP contribution in [0.5, 0.6) is 0 Å². The number of nitrogens with zero attached hydrogens (tertiary/aromatic N) is 5. The molecule has 23 heteroatoms. The summed E-state index contributed by atoms with van der Waals surface area (Å²) in [4.78, 5) is 45.8. The van der Waals surface area contributed by atoms with Gasteiger partial charge < -0.3 is 55.7 Å². The molecule has 45 heavy (non-hydrogen) atoms. The molecule has 1 amide bonds. The monoisotopic (exact) mass is 677 g/mol. The minimum atomic E-state index is -5.62. The van der Waals surface area contributed by atoms with Gasteiger partial charge in [0.15, 0.2) is 30.1 Å². The molecule has 21 nitrogen and oxygen atoms in total. The van der Waals surface area contributed by atoms with Crippen molar-refractivity contribution in [2.24, 2.45) is 12.8 Å². The number of hydrogen-bond donors (Lipinski definition) is 7. The standard InChI is InChI=1S/C22H29N7O14P2/c1-28-3-9(2-10(4-28)20(24)34)18-16(32)14(30)11(41-18)5-39-44(35,36)43-45(37,38)40-6-12-15(31)17(33)22(42-12)29-8-27-13-19(23)25-7-26-21(13)29/h2-4,7-8,11-12,14-18,22,30-33H,5-6H2,1H3,(H5-,23,24,25,26,34,35,36,37,38)/t11-,12+,14-,15+,16-,17+,18+,22+/m1/s1. The second kappa shape index (κ2) is 12.6. The number of ether oxygens (including phenoxy) is 2. The first kappa shape index (κ1) is 33.4. The number of carbonyl (C=O) groups is 1. The molecule has 0 radical (unpaired) electrons. The minimum Gasteiger partial charge on any atom is -0.756 e. The third kappa shape index (κ3) is 7.05. The number of phosphoric acid groups is 2. The Morgan fingerprint density at radius 2 is 1.71 bits per heavy atom. The summed E-state index contributed by atoms with van der Waals surface area (Å²) in [5.41, 5.74) is 11.7. The predicted molar refractivity (Wildman–Crippen MR) is 142 cm³/mol. The van der Waals surface area contributed by atoms with E-state index in [1.165, 1.54) is 33.9 Å². The van der Waals surface area contributed by atoms with E-state index in [1.54, 1.807) is 7.05 Å². The number of phosphoric ester groups is 2. The third-order valence-corrected chi connectivity index (χ3v) is 9.56. The first-order chi connectivity index (χ1) is 21.1. The molecule has 10 atom stereocenters. The Bertz CT molecular complexity index is 1680. The summed E-state index contributed by atoms with van der Waals surface area (Å²) >= 11 is 0. The zero-order valence-corrected chi connectivity index (χ0v) is 24.9. The number of anilines is 1. The molecule has 5 heterocycles. The number of rotatable bonds is 11. The molecule has 2 unspecified atom stereocenters. The number of hydrogen-bond acceptors (Lipinski definition) is 17. The van der Waals surface area contributed by atoms with Gasteiger partial charge in [-0.3, -0.25) is 18.5 Å². The van der Waals surface area contributed by atoms with Gasteiger partial charge in [-0.25, -0.2) is 28.4 Å². The summed E-state index contributed by atoms with van der Waals surface area (Å²) in [6.07, 6.45) is -6.70. The van der Waals surface area contributed by atoms with Gasteiger partial charge >= 0.3 is 7.82 Å². The fourth-order valence-electron chi connectivity index (χ4n) is 4.86. The van der Waals surface area contributed by atoms with Crippen molar-refractivity contribution >= 4 is 38.5 Å². The number of aliphatic hydroxyl groups excluding tert-OH is 4. The average molecular weight is 677 g/mol. The van der Waals surface area contributed by atoms with Crippen LogP contribution in [0.1, 0.15) is 28.3 Å². The molecule has 0 spiro atoms. The van der Waals surface area contributed by atoms with Gasteiger partial charge in [0.2, 0.25) is 0 Å². The highest BCUT2D eigenvalue weighted by Gasteiger charge is 2.47. The van der Waals surface area contributed by atoms with E-state index in [1.807, 2.05) is 0 Å². The summed E-state index contributed by atoms with van der Waals surface area (Å²) in [6, 6.07) is 1.32. The molecule has 2 saturated heterocycles. The molecule has 2 fully saturated rings. The van der Waals surface area contributed by atoms with Crippen molar-refractivity contribution < 1.29 is 71.5 Å². The predicted octanol–water partition coefficient (Wildman–Crippen LogP) is -3.57. The van der Waals surface area contributed by atoms with Crippen LogP contribution in [0.2, 0.25) is 0 Å². The van der Waals surface area contributed by atoms with Gasteiger partial charge in [-0.05, 0) is 6.07 Å². The molecule has 3 aromatic heterocycles. The van der Waals surface area contributed by atoms with Crippen LogP contribution in [-0.2, 0) is 39.0 Å². The van der Waals surface area contributed by atoms with E-state index in [4.69, 9.17) is 20.9 Å². The van der Waals surface area contributed by atoms with Crippen LogP contribution < -0.4 is 20.9 Å². The lowest BCUT2D eigenvalue weighted by Crippen LogP contribution is -2.34. The van der Waals surface area contributed by atoms with Crippen molar-refractivity contribution in [2.75, 3.05) is 18.9 Å². The first-order valence-corrected chi connectivity index (χ1v) is 15.9. The molecule has 2 aliphatic rings. The maximum Gasteiger partial charge on any atom is 0.478 e. The number of primary amides is 1. The normalized spacial score (nSPS) is 31.2. The Morgan fingerprint density at radius 1 is 1.04 bits per heavy atom. The highest BCUT2D eigenvalue weighted by atomic mass is 31.3. The molecule has 0 saturated carbocycles. The van der Waals surface area contributed by atoms with Crippen molar-refractivity contribution in [1.82, 2.24) is 19.5 Å². The number of amides is 1. The van der Waals surface area contributed by atoms with Crippen molar-refractivity contribution in [3.8, 4) is 0 Å². The number of carbonyl (C=O) groups excluding carboxylic acids is 1. The number of aromatic nitrogens is 5. The largest absolute Gasteiger partial charge is 0.756 e. The highest BCUT2D eigenvalue weighted by Crippen LogP contribution is 2.58. The number of nitrogen functional groups attached to an aromatic ring is 1. The van der Waals surface area contributed by atoms with Crippen LogP contribution in [0.25, 0.3) is 11.2 Å². The molecule has 9 N–H and O–H groups in total. The Balaban J connectivity index is 1.17. The molecule has 5 rings (SSSR count). The molecule has 0 aromatic carbocycles. The molecule has 2 aliphatic heterocycles. The minimum absolute atomic E-state index is 0.0449. The maximum atomic E-state index is 12.4. The number of fused-ring (bicyclic) bond motifs is 1. The molecule has 0 bridgehead atoms. The molecular weight excluding hydrogens is 648 g/mol. The Kier molecular flexibility index (Phi) is 9.38. The lowest BCUT2D eigenvalue weighted by atomic mass is 10.0. The van der Waals surface area contributed by atoms with Gasteiger partial charge in [-0.15, -0.1) is 0 Å². The topological polar surface area (TPSA) is 321 Å². The fourth-order valence-corrected chi connectivity index (χ4v) is 6.91. The van der Waals surface area contributed by atoms with Crippen molar-refractivity contribution in [3.63, 3.8) is 0 Å². The lowest BCUT2D eigenvalue weighted by Gasteiger charge is -2.26. The Hall–Kier alpha value is -3.01. The van der Waals surface area contributed by atoms with Gasteiger partial charge in [-0.2, -0.15) is 0 Å². The zero-order chi connectivity index (χ0) is 32.8. The SMILES string of the molecule is C[n+]1cc(C(N)=O)cc([C@@H]2O[C@H](COP(=O)([O-])OP(=O)(O)OC[C@@H]3O[C@H](n4cnc5c(N)ncnc54)[C@@H](O)[C@H]3O)[C@@H](O)[C@H]2O)c1. The van der Waals surface area contributed by atoms with Crippen LogP contribution in [0.15, 0.2) is 31.1 Å². The van der Waals surface area contributed by atoms with Crippen LogP contribution in [0, 0.1) is 0 Å². The summed E-state index contributed by atoms with van der Waals surface area (Å²) < 4.78 is 52.0. The van der Waals surface area contributed by atoms with Crippen molar-refractivity contribution in [1.29, 1.82) is 0 Å². The van der Waals surface area contributed by atoms with E-state index in [9.17, 15) is 44.1 Å². The number of nitrogens with two attached hydrogens (primary N) is 2. The summed E-state index contributed by atoms with van der Waals surface area (Å²) in [6.45, 7) is -1.88. The molecular formula is C22H29N7O14P2. The summed E-state index contributed by atoms with van der Waals surface area (Å²) in [7, 11) is -9.49. The van der Waals surface area contributed by atoms with Gasteiger partial charge in [-0.1, -0.05) is 0 Å². The Labute approximate surface area is 252 Å². The van der Waals surface area contributed by atoms with Gasteiger partial charge in [0, 0.05) is 5.56 Å². The second-order valence-corrected chi connectivity index (χ2v) is 13.2. The number of pyridine rings is 1. The number of aryl methyl sites for hydroxylation is 1. The smallest absolute Gasteiger partial charge is 0.478 e. The molecule has 0 aliphatic carbocycles. The van der Waals surface area contributed by atoms with Crippen molar-refractivity contribution in [3.05, 3.63) is 42.2 Å². The number of aliphatic hydroxyl groups is 4. The second-order valence-electron chi connectivity index (χ2n) is 10.2. The molecule has 246 valence electrons. The highest BCUT2D eigenvalue weighted by molar-refractivity contribution is 7.60. The maximum absolute atomic E-state index is 12.4. The third-order valence-electron chi connectivity index (χ3n) is 6.99. The Morgan fingerprint density at radius 3 is 2.42 bits per heavy atom. The van der Waals surface area contributed by atoms with Gasteiger partial charge in [0.05, 0.1) is 19.5 Å². The van der Waals surface area contributed by atoms with Crippen LogP contribution in [-0.4, -0.2) is 101 Å².